The Bertz CT molecular complexity index is 1580. The number of benzene rings is 1. The van der Waals surface area contributed by atoms with Gasteiger partial charge in [-0.2, -0.15) is 0 Å². The number of nitrogens with one attached hydrogen (secondary N) is 2. The van der Waals surface area contributed by atoms with Crippen LogP contribution in [0.3, 0.4) is 0 Å². The standard InChI is InChI=1S/C41H57N5O4S/c1-5-6-26-7-11-28(12-8-26)29-15-17-30(18-16-29)32-24-43-37(44-25-32)31-13-9-27(10-14-31)23-34(38(47)45-33(21-22-42)40(49)50)46-39(48)35-19-20-36(51-35)41(2,3)4/h9-10,13-14,19-20,24-26,28-30,33-34H,5-8,11-12,15-18,21-23,42H2,1-4H3,(H,45,47)(H,46,48)(H,49,50)/t26?,28?,29?,30?,33-,34-/m0/s1. The monoisotopic (exact) mass is 715 g/mol. The van der Waals surface area contributed by atoms with Crippen molar-refractivity contribution in [2.24, 2.45) is 23.5 Å². The zero-order valence-electron chi connectivity index (χ0n) is 30.8. The normalized spacial score (nSPS) is 22.1. The van der Waals surface area contributed by atoms with Crippen LogP contribution in [0.2, 0.25) is 0 Å². The predicted molar refractivity (Wildman–Crippen MR) is 204 cm³/mol. The van der Waals surface area contributed by atoms with Crippen molar-refractivity contribution >= 4 is 29.1 Å². The summed E-state index contributed by atoms with van der Waals surface area (Å²) < 4.78 is 0. The number of thiophene rings is 1. The van der Waals surface area contributed by atoms with E-state index in [4.69, 9.17) is 15.7 Å². The highest BCUT2D eigenvalue weighted by molar-refractivity contribution is 7.14. The van der Waals surface area contributed by atoms with E-state index in [0.717, 1.165) is 33.8 Å². The number of hydrogen-bond donors (Lipinski definition) is 4. The van der Waals surface area contributed by atoms with Gasteiger partial charge in [0.05, 0.1) is 4.88 Å². The summed E-state index contributed by atoms with van der Waals surface area (Å²) in [4.78, 5) is 49.5. The topological polar surface area (TPSA) is 147 Å². The summed E-state index contributed by atoms with van der Waals surface area (Å²) in [7, 11) is 0. The first-order chi connectivity index (χ1) is 24.4. The maximum Gasteiger partial charge on any atom is 0.326 e. The van der Waals surface area contributed by atoms with Gasteiger partial charge >= 0.3 is 5.97 Å². The van der Waals surface area contributed by atoms with E-state index in [1.807, 2.05) is 42.7 Å². The minimum absolute atomic E-state index is 0.0797. The summed E-state index contributed by atoms with van der Waals surface area (Å²) >= 11 is 1.38. The summed E-state index contributed by atoms with van der Waals surface area (Å²) in [5, 5.41) is 15.0. The zero-order valence-corrected chi connectivity index (χ0v) is 31.6. The fourth-order valence-corrected chi connectivity index (χ4v) is 8.97. The molecular weight excluding hydrogens is 659 g/mol. The number of carboxylic acid groups (broad SMARTS) is 1. The van der Waals surface area contributed by atoms with E-state index in [-0.39, 0.29) is 30.7 Å². The number of carbonyl (C=O) groups excluding carboxylic acids is 2. The van der Waals surface area contributed by atoms with Gasteiger partial charge in [-0.05, 0) is 104 Å². The molecule has 9 nitrogen and oxygen atoms in total. The van der Waals surface area contributed by atoms with Gasteiger partial charge in [-0.15, -0.1) is 11.3 Å². The lowest BCUT2D eigenvalue weighted by atomic mass is 9.68. The second-order valence-corrected chi connectivity index (χ2v) is 16.9. The van der Waals surface area contributed by atoms with Crippen molar-refractivity contribution in [2.45, 2.75) is 128 Å². The summed E-state index contributed by atoms with van der Waals surface area (Å²) in [6.07, 6.45) is 17.7. The minimum Gasteiger partial charge on any atom is -0.480 e. The van der Waals surface area contributed by atoms with E-state index in [1.54, 1.807) is 6.07 Å². The average molecular weight is 716 g/mol. The maximum atomic E-state index is 13.4. The molecule has 0 bridgehead atoms. The molecule has 2 fully saturated rings. The van der Waals surface area contributed by atoms with Crippen molar-refractivity contribution in [1.29, 1.82) is 0 Å². The van der Waals surface area contributed by atoms with Crippen LogP contribution >= 0.6 is 11.3 Å². The summed E-state index contributed by atoms with van der Waals surface area (Å²) in [5.74, 6) is 1.79. The van der Waals surface area contributed by atoms with Crippen LogP contribution in [0.4, 0.5) is 0 Å². The van der Waals surface area contributed by atoms with E-state index in [1.165, 1.54) is 81.1 Å². The quantitative estimate of drug-likeness (QED) is 0.134. The Morgan fingerprint density at radius 2 is 1.51 bits per heavy atom. The number of carboxylic acids is 1. The molecular formula is C41H57N5O4S. The van der Waals surface area contributed by atoms with Gasteiger partial charge in [0.2, 0.25) is 5.91 Å². The Balaban J connectivity index is 1.20. The molecule has 10 heteroatoms. The van der Waals surface area contributed by atoms with E-state index >= 15 is 0 Å². The molecule has 3 aromatic rings. The van der Waals surface area contributed by atoms with Crippen LogP contribution < -0.4 is 16.4 Å². The molecule has 2 amide bonds. The van der Waals surface area contributed by atoms with Crippen LogP contribution in [0, 0.1) is 17.8 Å². The van der Waals surface area contributed by atoms with Crippen molar-refractivity contribution in [3.8, 4) is 11.4 Å². The van der Waals surface area contributed by atoms with Crippen molar-refractivity contribution in [3.63, 3.8) is 0 Å². The molecule has 5 rings (SSSR count). The highest BCUT2D eigenvalue weighted by Gasteiger charge is 2.32. The molecule has 1 aromatic carbocycles. The van der Waals surface area contributed by atoms with Crippen LogP contribution in [0.25, 0.3) is 11.4 Å². The lowest BCUT2D eigenvalue weighted by Crippen LogP contribution is -2.52. The van der Waals surface area contributed by atoms with Gasteiger partial charge in [-0.1, -0.05) is 77.6 Å². The number of nitrogens with two attached hydrogens (primary N) is 1. The van der Waals surface area contributed by atoms with Crippen LogP contribution in [-0.4, -0.2) is 51.5 Å². The molecule has 0 spiro atoms. The average Bonchev–Trinajstić information content (AvgIpc) is 3.64. The highest BCUT2D eigenvalue weighted by atomic mass is 32.1. The molecule has 2 saturated carbocycles. The Kier molecular flexibility index (Phi) is 13.4. The second-order valence-electron chi connectivity index (χ2n) is 15.8. The van der Waals surface area contributed by atoms with E-state index < -0.39 is 24.0 Å². The summed E-state index contributed by atoms with van der Waals surface area (Å²) in [6.45, 7) is 8.65. The summed E-state index contributed by atoms with van der Waals surface area (Å²) in [6, 6.07) is 9.17. The van der Waals surface area contributed by atoms with E-state index in [0.29, 0.717) is 16.6 Å². The third-order valence-electron chi connectivity index (χ3n) is 11.1. The Labute approximate surface area is 307 Å². The molecule has 5 N–H and O–H groups in total. The number of carbonyl (C=O) groups is 3. The van der Waals surface area contributed by atoms with Crippen molar-refractivity contribution in [2.75, 3.05) is 6.54 Å². The van der Waals surface area contributed by atoms with E-state index in [2.05, 4.69) is 38.3 Å². The molecule has 276 valence electrons. The van der Waals surface area contributed by atoms with Gasteiger partial charge in [0.1, 0.15) is 12.1 Å². The molecule has 51 heavy (non-hydrogen) atoms. The Morgan fingerprint density at radius 1 is 0.882 bits per heavy atom. The van der Waals surface area contributed by atoms with Gasteiger partial charge < -0.3 is 21.5 Å². The molecule has 0 saturated heterocycles. The first-order valence-electron chi connectivity index (χ1n) is 19.0. The maximum absolute atomic E-state index is 13.4. The van der Waals surface area contributed by atoms with Crippen LogP contribution in [0.1, 0.15) is 130 Å². The molecule has 2 heterocycles. The van der Waals surface area contributed by atoms with Crippen molar-refractivity contribution in [1.82, 2.24) is 20.6 Å². The molecule has 0 aliphatic heterocycles. The fraction of sp³-hybridized carbons (Fsp3) is 0.585. The SMILES string of the molecule is CCCC1CCC(C2CCC(c3cnc(-c4ccc(C[C@H](NC(=O)c5ccc(C(C)(C)C)s5)C(=O)N[C@@H](CCN)C(=O)O)cc4)nc3)CC2)CC1. The lowest BCUT2D eigenvalue weighted by molar-refractivity contribution is -0.142. The lowest BCUT2D eigenvalue weighted by Gasteiger charge is -2.38. The van der Waals surface area contributed by atoms with Gasteiger partial charge in [0.15, 0.2) is 5.82 Å². The molecule has 2 aliphatic carbocycles. The van der Waals surface area contributed by atoms with E-state index in [9.17, 15) is 19.5 Å². The minimum atomic E-state index is -1.17. The van der Waals surface area contributed by atoms with Crippen molar-refractivity contribution in [3.05, 3.63) is 69.7 Å². The predicted octanol–water partition coefficient (Wildman–Crippen LogP) is 7.64. The van der Waals surface area contributed by atoms with Gasteiger partial charge in [0, 0.05) is 29.3 Å². The highest BCUT2D eigenvalue weighted by Crippen LogP contribution is 2.44. The molecule has 0 unspecified atom stereocenters. The molecule has 2 atom stereocenters. The van der Waals surface area contributed by atoms with Crippen LogP contribution in [0.5, 0.6) is 0 Å². The number of nitrogens with zero attached hydrogens (tertiary/aromatic N) is 2. The zero-order chi connectivity index (χ0) is 36.5. The van der Waals surface area contributed by atoms with Gasteiger partial charge in [-0.25, -0.2) is 14.8 Å². The number of amides is 2. The number of aromatic nitrogens is 2. The Hall–Kier alpha value is -3.63. The largest absolute Gasteiger partial charge is 0.480 e. The third kappa shape index (κ3) is 10.5. The number of hydrogen-bond acceptors (Lipinski definition) is 7. The van der Waals surface area contributed by atoms with Crippen molar-refractivity contribution < 1.29 is 19.5 Å². The van der Waals surface area contributed by atoms with Crippen LogP contribution in [-0.2, 0) is 21.4 Å². The number of rotatable bonds is 14. The molecule has 2 aromatic heterocycles. The molecule has 2 aliphatic rings. The van der Waals surface area contributed by atoms with Gasteiger partial charge in [-0.3, -0.25) is 9.59 Å². The second kappa shape index (κ2) is 17.7. The Morgan fingerprint density at radius 3 is 2.06 bits per heavy atom. The third-order valence-corrected chi connectivity index (χ3v) is 12.6. The first-order valence-corrected chi connectivity index (χ1v) is 19.8. The summed E-state index contributed by atoms with van der Waals surface area (Å²) in [5.41, 5.74) is 8.36. The smallest absolute Gasteiger partial charge is 0.326 e. The first kappa shape index (κ1) is 38.6. The fourth-order valence-electron chi connectivity index (χ4n) is 8.00. The molecule has 0 radical (unpaired) electrons. The van der Waals surface area contributed by atoms with Gasteiger partial charge in [0.25, 0.3) is 5.91 Å². The van der Waals surface area contributed by atoms with Crippen LogP contribution in [0.15, 0.2) is 48.8 Å². The number of aliphatic carboxylic acids is 1.